The third-order valence-corrected chi connectivity index (χ3v) is 3.63. The van der Waals surface area contributed by atoms with Crippen LogP contribution in [0.3, 0.4) is 0 Å². The second kappa shape index (κ2) is 6.99. The molecule has 0 aliphatic rings. The topological polar surface area (TPSA) is 34.1 Å². The number of carbonyl (C=O) groups excluding carboxylic acids is 2. The fourth-order valence-corrected chi connectivity index (χ4v) is 2.52. The van der Waals surface area contributed by atoms with Gasteiger partial charge in [0.1, 0.15) is 5.82 Å². The van der Waals surface area contributed by atoms with Gasteiger partial charge in [0.25, 0.3) is 0 Å². The van der Waals surface area contributed by atoms with Crippen molar-refractivity contribution in [3.05, 3.63) is 72.1 Å². The average Bonchev–Trinajstić information content (AvgIpc) is 2.47. The van der Waals surface area contributed by atoms with E-state index in [-0.39, 0.29) is 17.4 Å². The Morgan fingerprint density at radius 1 is 1.00 bits per heavy atom. The Hall–Kier alpha value is -2.20. The predicted molar refractivity (Wildman–Crippen MR) is 81.1 cm³/mol. The second-order valence-electron chi connectivity index (χ2n) is 4.39. The number of benzene rings is 2. The van der Waals surface area contributed by atoms with Gasteiger partial charge in [-0.15, -0.1) is 0 Å². The molecule has 0 aliphatic carbocycles. The van der Waals surface area contributed by atoms with Crippen molar-refractivity contribution < 1.29 is 14.0 Å². The zero-order valence-electron chi connectivity index (χ0n) is 11.4. The van der Waals surface area contributed by atoms with Crippen LogP contribution >= 0.6 is 11.8 Å². The Morgan fingerprint density at radius 2 is 1.71 bits per heavy atom. The molecule has 0 saturated heterocycles. The number of hydrogen-bond acceptors (Lipinski definition) is 3. The minimum absolute atomic E-state index is 0.166. The van der Waals surface area contributed by atoms with Gasteiger partial charge in [0.05, 0.1) is 0 Å². The van der Waals surface area contributed by atoms with Gasteiger partial charge >= 0.3 is 0 Å². The van der Waals surface area contributed by atoms with Crippen LogP contribution < -0.4 is 0 Å². The molecule has 2 aromatic rings. The number of ketones is 2. The molecule has 0 aliphatic heterocycles. The maximum Gasteiger partial charge on any atom is 0.185 e. The summed E-state index contributed by atoms with van der Waals surface area (Å²) in [7, 11) is 0. The van der Waals surface area contributed by atoms with Crippen molar-refractivity contribution in [1.82, 2.24) is 0 Å². The Labute approximate surface area is 126 Å². The van der Waals surface area contributed by atoms with E-state index >= 15 is 0 Å². The molecule has 106 valence electrons. The van der Waals surface area contributed by atoms with Crippen LogP contribution in [0.15, 0.2) is 70.5 Å². The molecule has 2 aromatic carbocycles. The summed E-state index contributed by atoms with van der Waals surface area (Å²) in [6.07, 6.45) is 2.52. The summed E-state index contributed by atoms with van der Waals surface area (Å²) in [5.74, 6) is -0.662. The molecule has 21 heavy (non-hydrogen) atoms. The standard InChI is InChI=1S/C17H13FO2S/c1-12(19)5-10-17(20)13-3-2-4-16(11-13)21-15-8-6-14(18)7-9-15/h2-11H,1H3. The molecule has 0 aromatic heterocycles. The third-order valence-electron chi connectivity index (χ3n) is 2.64. The van der Waals surface area contributed by atoms with E-state index in [1.807, 2.05) is 6.07 Å². The number of rotatable bonds is 5. The zero-order valence-corrected chi connectivity index (χ0v) is 12.2. The molecular weight excluding hydrogens is 287 g/mol. The number of carbonyl (C=O) groups is 2. The van der Waals surface area contributed by atoms with Gasteiger partial charge in [-0.05, 0) is 55.5 Å². The zero-order chi connectivity index (χ0) is 15.2. The maximum absolute atomic E-state index is 12.9. The van der Waals surface area contributed by atoms with Crippen molar-refractivity contribution >= 4 is 23.3 Å². The normalized spacial score (nSPS) is 10.8. The van der Waals surface area contributed by atoms with E-state index in [1.165, 1.54) is 43.0 Å². The highest BCUT2D eigenvalue weighted by molar-refractivity contribution is 7.99. The van der Waals surface area contributed by atoms with Crippen LogP contribution in [0, 0.1) is 5.82 Å². The van der Waals surface area contributed by atoms with Crippen molar-refractivity contribution in [3.63, 3.8) is 0 Å². The van der Waals surface area contributed by atoms with E-state index < -0.39 is 0 Å². The highest BCUT2D eigenvalue weighted by atomic mass is 32.2. The lowest BCUT2D eigenvalue weighted by Crippen LogP contribution is -1.95. The molecule has 0 bridgehead atoms. The summed E-state index contributed by atoms with van der Waals surface area (Å²) >= 11 is 1.44. The van der Waals surface area contributed by atoms with E-state index in [1.54, 1.807) is 30.3 Å². The lowest BCUT2D eigenvalue weighted by atomic mass is 10.1. The van der Waals surface area contributed by atoms with Crippen LogP contribution in [0.5, 0.6) is 0 Å². The first kappa shape index (κ1) is 15.2. The summed E-state index contributed by atoms with van der Waals surface area (Å²) in [5, 5.41) is 0. The Balaban J connectivity index is 2.15. The van der Waals surface area contributed by atoms with E-state index in [2.05, 4.69) is 0 Å². The molecule has 0 N–H and O–H groups in total. The number of allylic oxidation sites excluding steroid dienone is 2. The number of halogens is 1. The van der Waals surface area contributed by atoms with Crippen LogP contribution in [-0.4, -0.2) is 11.6 Å². The van der Waals surface area contributed by atoms with Gasteiger partial charge < -0.3 is 0 Å². The first-order chi connectivity index (χ1) is 10.0. The van der Waals surface area contributed by atoms with Crippen LogP contribution in [-0.2, 0) is 4.79 Å². The van der Waals surface area contributed by atoms with Crippen LogP contribution in [0.1, 0.15) is 17.3 Å². The molecule has 0 heterocycles. The largest absolute Gasteiger partial charge is 0.295 e. The first-order valence-corrected chi connectivity index (χ1v) is 7.13. The monoisotopic (exact) mass is 300 g/mol. The molecule has 0 fully saturated rings. The average molecular weight is 300 g/mol. The van der Waals surface area contributed by atoms with Gasteiger partial charge in [-0.25, -0.2) is 4.39 Å². The molecular formula is C17H13FO2S. The molecule has 0 amide bonds. The third kappa shape index (κ3) is 4.68. The lowest BCUT2D eigenvalue weighted by Gasteiger charge is -2.03. The van der Waals surface area contributed by atoms with Gasteiger partial charge in [0, 0.05) is 15.4 Å². The highest BCUT2D eigenvalue weighted by Crippen LogP contribution is 2.28. The van der Waals surface area contributed by atoms with Gasteiger partial charge in [-0.2, -0.15) is 0 Å². The van der Waals surface area contributed by atoms with Gasteiger partial charge in [0.15, 0.2) is 11.6 Å². The summed E-state index contributed by atoms with van der Waals surface area (Å²) in [6, 6.07) is 13.3. The maximum atomic E-state index is 12.9. The van der Waals surface area contributed by atoms with Gasteiger partial charge in [0.2, 0.25) is 0 Å². The number of hydrogen-bond donors (Lipinski definition) is 0. The molecule has 4 heteroatoms. The van der Waals surface area contributed by atoms with E-state index in [0.29, 0.717) is 5.56 Å². The molecule has 2 rings (SSSR count). The molecule has 2 nitrogen and oxygen atoms in total. The fourth-order valence-electron chi connectivity index (χ4n) is 1.64. The molecule has 0 unspecified atom stereocenters. The van der Waals surface area contributed by atoms with Gasteiger partial charge in [-0.1, -0.05) is 23.9 Å². The second-order valence-corrected chi connectivity index (χ2v) is 5.54. The van der Waals surface area contributed by atoms with Crippen molar-refractivity contribution in [1.29, 1.82) is 0 Å². The smallest absolute Gasteiger partial charge is 0.185 e. The van der Waals surface area contributed by atoms with Crippen molar-refractivity contribution in [2.24, 2.45) is 0 Å². The fraction of sp³-hybridized carbons (Fsp3) is 0.0588. The Bertz CT molecular complexity index is 690. The minimum Gasteiger partial charge on any atom is -0.295 e. The molecule has 0 atom stereocenters. The van der Waals surface area contributed by atoms with E-state index in [9.17, 15) is 14.0 Å². The molecule has 0 spiro atoms. The summed E-state index contributed by atoms with van der Waals surface area (Å²) < 4.78 is 12.9. The lowest BCUT2D eigenvalue weighted by molar-refractivity contribution is -0.112. The van der Waals surface area contributed by atoms with Crippen LogP contribution in [0.25, 0.3) is 0 Å². The van der Waals surface area contributed by atoms with Gasteiger partial charge in [-0.3, -0.25) is 9.59 Å². The van der Waals surface area contributed by atoms with Crippen LogP contribution in [0.2, 0.25) is 0 Å². The summed E-state index contributed by atoms with van der Waals surface area (Å²) in [6.45, 7) is 1.39. The van der Waals surface area contributed by atoms with Crippen molar-refractivity contribution in [2.75, 3.05) is 0 Å². The van der Waals surface area contributed by atoms with E-state index in [0.717, 1.165) is 9.79 Å². The Morgan fingerprint density at radius 3 is 2.38 bits per heavy atom. The predicted octanol–water partition coefficient (Wildman–Crippen LogP) is 4.30. The van der Waals surface area contributed by atoms with Crippen LogP contribution in [0.4, 0.5) is 4.39 Å². The van der Waals surface area contributed by atoms with Crippen molar-refractivity contribution in [3.8, 4) is 0 Å². The Kier molecular flexibility index (Phi) is 5.06. The molecule has 0 saturated carbocycles. The molecule has 0 radical (unpaired) electrons. The first-order valence-electron chi connectivity index (χ1n) is 6.31. The SMILES string of the molecule is CC(=O)C=CC(=O)c1cccc(Sc2ccc(F)cc2)c1. The summed E-state index contributed by atoms with van der Waals surface area (Å²) in [4.78, 5) is 24.5. The summed E-state index contributed by atoms with van der Waals surface area (Å²) in [5.41, 5.74) is 0.514. The minimum atomic E-state index is -0.280. The van der Waals surface area contributed by atoms with Crippen molar-refractivity contribution in [2.45, 2.75) is 16.7 Å². The highest BCUT2D eigenvalue weighted by Gasteiger charge is 2.04. The van der Waals surface area contributed by atoms with E-state index in [4.69, 9.17) is 0 Å². The quantitative estimate of drug-likeness (QED) is 0.609.